The summed E-state index contributed by atoms with van der Waals surface area (Å²) in [6.45, 7) is 0.950. The third-order valence-corrected chi connectivity index (χ3v) is 6.67. The highest BCUT2D eigenvalue weighted by Crippen LogP contribution is 2.33. The van der Waals surface area contributed by atoms with Gasteiger partial charge in [-0.05, 0) is 71.3 Å². The van der Waals surface area contributed by atoms with Crippen molar-refractivity contribution in [3.8, 4) is 16.2 Å². The minimum absolute atomic E-state index is 0.229. The van der Waals surface area contributed by atoms with Crippen LogP contribution in [0.3, 0.4) is 0 Å². The second-order valence-electron chi connectivity index (χ2n) is 7.57. The number of hydrogen-bond donors (Lipinski definition) is 0. The van der Waals surface area contributed by atoms with Gasteiger partial charge < -0.3 is 9.30 Å². The Labute approximate surface area is 198 Å². The molecule has 0 N–H and O–H groups in total. The number of rotatable bonds is 6. The number of aromatic nitrogens is 2. The summed E-state index contributed by atoms with van der Waals surface area (Å²) in [5.41, 5.74) is 3.57. The lowest BCUT2D eigenvalue weighted by atomic mass is 10.2. The zero-order valence-corrected chi connectivity index (χ0v) is 18.9. The van der Waals surface area contributed by atoms with E-state index in [1.165, 1.54) is 23.5 Å². The summed E-state index contributed by atoms with van der Waals surface area (Å²) in [4.78, 5) is 17.4. The summed E-state index contributed by atoms with van der Waals surface area (Å²) in [5.74, 6) is 0.450. The molecule has 0 unspecified atom stereocenters. The molecule has 0 saturated carbocycles. The van der Waals surface area contributed by atoms with Gasteiger partial charge in [0.1, 0.15) is 22.9 Å². The molecule has 4 nitrogen and oxygen atoms in total. The summed E-state index contributed by atoms with van der Waals surface area (Å²) < 4.78 is 21.4. The molecule has 0 aliphatic rings. The number of thiophene rings is 1. The van der Waals surface area contributed by atoms with Gasteiger partial charge in [-0.15, -0.1) is 11.3 Å². The van der Waals surface area contributed by atoms with Crippen molar-refractivity contribution >= 4 is 33.2 Å². The topological polar surface area (TPSA) is 44.1 Å². The van der Waals surface area contributed by atoms with Crippen LogP contribution in [0.15, 0.2) is 90.0 Å². The molecule has 5 rings (SSSR count). The molecule has 0 atom stereocenters. The molecule has 5 aromatic rings. The fourth-order valence-corrected chi connectivity index (χ4v) is 4.70. The monoisotopic (exact) mass is 476 g/mol. The predicted octanol–water partition coefficient (Wildman–Crippen LogP) is 6.54. The Morgan fingerprint density at radius 1 is 0.939 bits per heavy atom. The van der Waals surface area contributed by atoms with Crippen molar-refractivity contribution in [2.24, 2.45) is 0 Å². The van der Waals surface area contributed by atoms with Crippen molar-refractivity contribution in [2.75, 3.05) is 0 Å². The van der Waals surface area contributed by atoms with Crippen molar-refractivity contribution in [3.05, 3.63) is 118 Å². The van der Waals surface area contributed by atoms with E-state index in [4.69, 9.17) is 16.3 Å². The van der Waals surface area contributed by atoms with E-state index < -0.39 is 0 Å². The first kappa shape index (κ1) is 21.4. The van der Waals surface area contributed by atoms with E-state index in [1.54, 1.807) is 18.5 Å². The Morgan fingerprint density at radius 3 is 2.36 bits per heavy atom. The van der Waals surface area contributed by atoms with Gasteiger partial charge in [0.15, 0.2) is 0 Å². The molecule has 0 aliphatic heterocycles. The summed E-state index contributed by atoms with van der Waals surface area (Å²) in [6.07, 6.45) is 1.59. The number of hydrogen-bond acceptors (Lipinski definition) is 4. The molecule has 0 bridgehead atoms. The van der Waals surface area contributed by atoms with Crippen LogP contribution in [0.2, 0.25) is 5.02 Å². The second-order valence-corrected chi connectivity index (χ2v) is 9.06. The van der Waals surface area contributed by atoms with Gasteiger partial charge in [0.05, 0.1) is 11.8 Å². The van der Waals surface area contributed by atoms with Gasteiger partial charge in [-0.1, -0.05) is 35.9 Å². The minimum Gasteiger partial charge on any atom is -0.489 e. The number of benzene rings is 3. The number of nitrogens with zero attached hydrogens (tertiary/aromatic N) is 2. The summed E-state index contributed by atoms with van der Waals surface area (Å²) in [5, 5.41) is 0.685. The SMILES string of the molecule is O=c1ncn(Cc2ccc(Cl)cc2)c2cc(-c3ccc(OCc4ccc(F)cc4)cc3)sc12. The smallest absolute Gasteiger partial charge is 0.290 e. The van der Waals surface area contributed by atoms with E-state index in [0.717, 1.165) is 27.1 Å². The molecule has 0 saturated heterocycles. The van der Waals surface area contributed by atoms with E-state index in [0.29, 0.717) is 28.6 Å². The molecule has 2 heterocycles. The van der Waals surface area contributed by atoms with Crippen LogP contribution in [-0.4, -0.2) is 9.55 Å². The average molecular weight is 477 g/mol. The van der Waals surface area contributed by atoms with Crippen LogP contribution in [0.25, 0.3) is 20.7 Å². The zero-order valence-electron chi connectivity index (χ0n) is 17.4. The molecule has 0 amide bonds. The molecule has 0 aliphatic carbocycles. The molecule has 0 spiro atoms. The van der Waals surface area contributed by atoms with Gasteiger partial charge in [-0.25, -0.2) is 4.39 Å². The van der Waals surface area contributed by atoms with Crippen molar-refractivity contribution < 1.29 is 9.13 Å². The Hall–Kier alpha value is -3.48. The normalized spacial score (nSPS) is 11.1. The van der Waals surface area contributed by atoms with E-state index >= 15 is 0 Å². The summed E-state index contributed by atoms with van der Waals surface area (Å²) in [7, 11) is 0. The zero-order chi connectivity index (χ0) is 22.8. The van der Waals surface area contributed by atoms with Gasteiger partial charge in [-0.3, -0.25) is 4.79 Å². The van der Waals surface area contributed by atoms with Crippen molar-refractivity contribution in [1.29, 1.82) is 0 Å². The highest BCUT2D eigenvalue weighted by atomic mass is 35.5. The maximum absolute atomic E-state index is 13.0. The van der Waals surface area contributed by atoms with Crippen molar-refractivity contribution in [2.45, 2.75) is 13.2 Å². The van der Waals surface area contributed by atoms with Crippen molar-refractivity contribution in [3.63, 3.8) is 0 Å². The highest BCUT2D eigenvalue weighted by Gasteiger charge is 2.12. The van der Waals surface area contributed by atoms with Crippen molar-refractivity contribution in [1.82, 2.24) is 9.55 Å². The van der Waals surface area contributed by atoms with Crippen LogP contribution in [0, 0.1) is 5.82 Å². The van der Waals surface area contributed by atoms with Gasteiger partial charge in [0, 0.05) is 16.4 Å². The van der Waals surface area contributed by atoms with Gasteiger partial charge >= 0.3 is 0 Å². The first-order valence-electron chi connectivity index (χ1n) is 10.3. The lowest BCUT2D eigenvalue weighted by Crippen LogP contribution is -2.11. The standard InChI is InChI=1S/C26H18ClFN2O2S/c27-20-7-1-17(2-8-20)14-30-16-29-26(31)25-23(30)13-24(33-25)19-5-11-22(12-6-19)32-15-18-3-9-21(28)10-4-18/h1-13,16H,14-15H2. The first-order valence-corrected chi connectivity index (χ1v) is 11.5. The van der Waals surface area contributed by atoms with Crippen LogP contribution < -0.4 is 10.3 Å². The Balaban J connectivity index is 1.38. The van der Waals surface area contributed by atoms with Crippen LogP contribution in [0.1, 0.15) is 11.1 Å². The molecular weight excluding hydrogens is 459 g/mol. The third-order valence-electron chi connectivity index (χ3n) is 5.25. The van der Waals surface area contributed by atoms with Gasteiger partial charge in [0.2, 0.25) is 0 Å². The number of ether oxygens (including phenoxy) is 1. The van der Waals surface area contributed by atoms with Gasteiger partial charge in [0.25, 0.3) is 5.56 Å². The van der Waals surface area contributed by atoms with Crippen LogP contribution in [-0.2, 0) is 13.2 Å². The molecule has 0 fully saturated rings. The van der Waals surface area contributed by atoms with E-state index in [1.807, 2.05) is 59.2 Å². The van der Waals surface area contributed by atoms with Gasteiger partial charge in [-0.2, -0.15) is 4.98 Å². The third kappa shape index (κ3) is 4.82. The molecule has 3 aromatic carbocycles. The molecular formula is C26H18ClFN2O2S. The molecule has 2 aromatic heterocycles. The Kier molecular flexibility index (Phi) is 5.94. The van der Waals surface area contributed by atoms with Crippen LogP contribution in [0.5, 0.6) is 5.75 Å². The lowest BCUT2D eigenvalue weighted by molar-refractivity contribution is 0.306. The summed E-state index contributed by atoms with van der Waals surface area (Å²) in [6, 6.07) is 23.6. The second kappa shape index (κ2) is 9.17. The highest BCUT2D eigenvalue weighted by molar-refractivity contribution is 7.22. The molecule has 7 heteroatoms. The van der Waals surface area contributed by atoms with E-state index in [9.17, 15) is 9.18 Å². The lowest BCUT2D eigenvalue weighted by Gasteiger charge is -2.08. The van der Waals surface area contributed by atoms with Crippen LogP contribution >= 0.6 is 22.9 Å². The quantitative estimate of drug-likeness (QED) is 0.279. The number of halogens is 2. The molecule has 33 heavy (non-hydrogen) atoms. The maximum Gasteiger partial charge on any atom is 0.290 e. The molecule has 164 valence electrons. The maximum atomic E-state index is 13.0. The number of fused-ring (bicyclic) bond motifs is 1. The van der Waals surface area contributed by atoms with E-state index in [2.05, 4.69) is 4.98 Å². The fraction of sp³-hybridized carbons (Fsp3) is 0.0769. The molecule has 0 radical (unpaired) electrons. The first-order chi connectivity index (χ1) is 16.0. The average Bonchev–Trinajstić information content (AvgIpc) is 3.29. The minimum atomic E-state index is -0.266. The van der Waals surface area contributed by atoms with E-state index in [-0.39, 0.29) is 11.4 Å². The Morgan fingerprint density at radius 2 is 1.64 bits per heavy atom. The predicted molar refractivity (Wildman–Crippen MR) is 131 cm³/mol. The largest absolute Gasteiger partial charge is 0.489 e. The Bertz CT molecular complexity index is 1460. The fourth-order valence-electron chi connectivity index (χ4n) is 3.51. The van der Waals surface area contributed by atoms with Crippen LogP contribution in [0.4, 0.5) is 4.39 Å². The summed E-state index contributed by atoms with van der Waals surface area (Å²) >= 11 is 7.42.